The summed E-state index contributed by atoms with van der Waals surface area (Å²) in [5.74, 6) is 0.258. The van der Waals surface area contributed by atoms with Gasteiger partial charge in [0.2, 0.25) is 0 Å². The number of hydrogen-bond acceptors (Lipinski definition) is 4. The van der Waals surface area contributed by atoms with E-state index in [1.165, 1.54) is 6.07 Å². The van der Waals surface area contributed by atoms with Crippen LogP contribution in [0.25, 0.3) is 0 Å². The van der Waals surface area contributed by atoms with Crippen LogP contribution in [0, 0.1) is 0 Å². The Morgan fingerprint density at radius 1 is 0.955 bits per heavy atom. The van der Waals surface area contributed by atoms with Crippen LogP contribution in [-0.4, -0.2) is 20.0 Å². The van der Waals surface area contributed by atoms with Gasteiger partial charge in [0.15, 0.2) is 0 Å². The van der Waals surface area contributed by atoms with Crippen LogP contribution in [0.3, 0.4) is 0 Å². The predicted molar refractivity (Wildman–Crippen MR) is 86.1 cm³/mol. The summed E-state index contributed by atoms with van der Waals surface area (Å²) < 4.78 is 11.1. The third kappa shape index (κ3) is 5.07. The molecule has 0 saturated carbocycles. The quantitative estimate of drug-likeness (QED) is 0.601. The van der Waals surface area contributed by atoms with Crippen LogP contribution < -0.4 is 0 Å². The summed E-state index contributed by atoms with van der Waals surface area (Å²) in [6.07, 6.45) is 1.97. The topological polar surface area (TPSA) is 98.0 Å². The molecule has 0 aliphatic rings. The number of hydrogen-bond donors (Lipinski definition) is 4. The molecule has 0 amide bonds. The highest BCUT2D eigenvalue weighted by molar-refractivity contribution is 8.54. The van der Waals surface area contributed by atoms with Crippen molar-refractivity contribution in [3.63, 3.8) is 0 Å². The Kier molecular flexibility index (Phi) is 5.53. The van der Waals surface area contributed by atoms with Crippen LogP contribution in [0.15, 0.2) is 47.4 Å². The lowest BCUT2D eigenvalue weighted by molar-refractivity contribution is 0.397. The van der Waals surface area contributed by atoms with Gasteiger partial charge in [-0.15, -0.1) is 0 Å². The highest BCUT2D eigenvalue weighted by atomic mass is 32.7. The van der Waals surface area contributed by atoms with E-state index < -0.39 is 6.80 Å². The Bertz CT molecular complexity index is 681. The van der Waals surface area contributed by atoms with Gasteiger partial charge in [-0.3, -0.25) is 0 Å². The molecule has 0 unspecified atom stereocenters. The van der Waals surface area contributed by atoms with Gasteiger partial charge < -0.3 is 20.0 Å². The highest BCUT2D eigenvalue weighted by Crippen LogP contribution is 2.56. The molecular formula is C15H17O5PS. The molecule has 2 aromatic carbocycles. The SMILES string of the molecule is O=P(O)(O)Sc1cccc(O)c1CCCc1ccc(O)cc1. The molecule has 0 heterocycles. The summed E-state index contributed by atoms with van der Waals surface area (Å²) in [7, 11) is 0. The molecule has 118 valence electrons. The maximum atomic E-state index is 11.1. The van der Waals surface area contributed by atoms with Gasteiger partial charge in [0, 0.05) is 10.5 Å². The molecular weight excluding hydrogens is 323 g/mol. The van der Waals surface area contributed by atoms with Crippen molar-refractivity contribution in [3.8, 4) is 11.5 Å². The first-order chi connectivity index (χ1) is 10.3. The zero-order valence-corrected chi connectivity index (χ0v) is 13.4. The fourth-order valence-electron chi connectivity index (χ4n) is 2.15. The average molecular weight is 340 g/mol. The number of phenolic OH excluding ortho intramolecular Hbond substituents is 2. The molecule has 0 saturated heterocycles. The minimum absolute atomic E-state index is 0.0455. The molecule has 0 radical (unpaired) electrons. The molecule has 0 aliphatic carbocycles. The third-order valence-electron chi connectivity index (χ3n) is 3.15. The smallest absolute Gasteiger partial charge is 0.388 e. The third-order valence-corrected chi connectivity index (χ3v) is 5.27. The van der Waals surface area contributed by atoms with Crippen LogP contribution in [0.5, 0.6) is 11.5 Å². The number of aromatic hydroxyl groups is 2. The molecule has 0 aromatic heterocycles. The number of phenols is 2. The fraction of sp³-hybridized carbons (Fsp3) is 0.200. The Morgan fingerprint density at radius 3 is 2.27 bits per heavy atom. The molecule has 0 bridgehead atoms. The Hall–Kier alpha value is -1.46. The normalized spacial score (nSPS) is 11.5. The second-order valence-corrected chi connectivity index (χ2v) is 8.43. The summed E-state index contributed by atoms with van der Waals surface area (Å²) >= 11 is 0.463. The summed E-state index contributed by atoms with van der Waals surface area (Å²) in [5.41, 5.74) is 1.60. The van der Waals surface area contributed by atoms with Crippen molar-refractivity contribution < 1.29 is 24.6 Å². The van der Waals surface area contributed by atoms with Crippen molar-refractivity contribution in [3.05, 3.63) is 53.6 Å². The first kappa shape index (κ1) is 16.9. The first-order valence-corrected chi connectivity index (χ1v) is 9.72. The van der Waals surface area contributed by atoms with Crippen molar-refractivity contribution >= 4 is 18.2 Å². The summed E-state index contributed by atoms with van der Waals surface area (Å²) in [6.45, 7) is -4.25. The van der Waals surface area contributed by atoms with E-state index in [1.54, 1.807) is 24.3 Å². The molecule has 22 heavy (non-hydrogen) atoms. The van der Waals surface area contributed by atoms with Gasteiger partial charge in [-0.25, -0.2) is 4.57 Å². The van der Waals surface area contributed by atoms with Crippen molar-refractivity contribution in [2.45, 2.75) is 24.2 Å². The van der Waals surface area contributed by atoms with Crippen LogP contribution in [0.2, 0.25) is 0 Å². The van der Waals surface area contributed by atoms with Crippen LogP contribution >= 0.6 is 18.2 Å². The van der Waals surface area contributed by atoms with Crippen molar-refractivity contribution in [2.24, 2.45) is 0 Å². The molecule has 5 nitrogen and oxygen atoms in total. The first-order valence-electron chi connectivity index (χ1n) is 6.69. The molecule has 0 atom stereocenters. The summed E-state index contributed by atoms with van der Waals surface area (Å²) in [4.78, 5) is 18.6. The monoisotopic (exact) mass is 340 g/mol. The van der Waals surface area contributed by atoms with Crippen molar-refractivity contribution in [2.75, 3.05) is 0 Å². The van der Waals surface area contributed by atoms with Gasteiger partial charge in [0.1, 0.15) is 11.5 Å². The Labute approximate surface area is 132 Å². The zero-order valence-electron chi connectivity index (χ0n) is 11.7. The van der Waals surface area contributed by atoms with Crippen molar-refractivity contribution in [1.29, 1.82) is 0 Å². The van der Waals surface area contributed by atoms with Gasteiger partial charge in [-0.1, -0.05) is 18.2 Å². The summed E-state index contributed by atoms with van der Waals surface area (Å²) in [6, 6.07) is 11.6. The lowest BCUT2D eigenvalue weighted by Crippen LogP contribution is -1.93. The minimum atomic E-state index is -4.25. The zero-order chi connectivity index (χ0) is 16.2. The van der Waals surface area contributed by atoms with E-state index in [0.717, 1.165) is 18.4 Å². The molecule has 7 heteroatoms. The van der Waals surface area contributed by atoms with E-state index in [-0.39, 0.29) is 11.5 Å². The summed E-state index contributed by atoms with van der Waals surface area (Å²) in [5, 5.41) is 19.2. The molecule has 0 aliphatic heterocycles. The predicted octanol–water partition coefficient (Wildman–Crippen LogP) is 3.46. The van der Waals surface area contributed by atoms with E-state index in [1.807, 2.05) is 12.1 Å². The van der Waals surface area contributed by atoms with Gasteiger partial charge >= 0.3 is 6.80 Å². The van der Waals surface area contributed by atoms with Gasteiger partial charge in [0.25, 0.3) is 0 Å². The second kappa shape index (κ2) is 7.20. The number of aryl methyl sites for hydroxylation is 1. The maximum Gasteiger partial charge on any atom is 0.388 e. The Balaban J connectivity index is 2.05. The van der Waals surface area contributed by atoms with Crippen molar-refractivity contribution in [1.82, 2.24) is 0 Å². The molecule has 2 aromatic rings. The van der Waals surface area contributed by atoms with Gasteiger partial charge in [-0.2, -0.15) is 0 Å². The minimum Gasteiger partial charge on any atom is -0.508 e. The second-order valence-electron chi connectivity index (χ2n) is 4.86. The Morgan fingerprint density at radius 2 is 1.64 bits per heavy atom. The fourth-order valence-corrected chi connectivity index (χ4v) is 4.15. The molecule has 0 fully saturated rings. The lowest BCUT2D eigenvalue weighted by atomic mass is 10.0. The standard InChI is InChI=1S/C15H17O5PS/c16-12-9-7-11(8-10-12)3-1-4-13-14(17)5-2-6-15(13)22-21(18,19)20/h2,5-10,16-17H,1,3-4H2,(H2,18,19,20). The van der Waals surface area contributed by atoms with Gasteiger partial charge in [0.05, 0.1) is 0 Å². The van der Waals surface area contributed by atoms with Crippen LogP contribution in [0.1, 0.15) is 17.5 Å². The molecule has 4 N–H and O–H groups in total. The molecule has 0 spiro atoms. The lowest BCUT2D eigenvalue weighted by Gasteiger charge is -2.11. The average Bonchev–Trinajstić information content (AvgIpc) is 2.42. The van der Waals surface area contributed by atoms with E-state index in [4.69, 9.17) is 9.79 Å². The van der Waals surface area contributed by atoms with Crippen LogP contribution in [-0.2, 0) is 17.4 Å². The number of benzene rings is 2. The van der Waals surface area contributed by atoms with E-state index >= 15 is 0 Å². The van der Waals surface area contributed by atoms with E-state index in [0.29, 0.717) is 28.3 Å². The van der Waals surface area contributed by atoms with E-state index in [2.05, 4.69) is 0 Å². The van der Waals surface area contributed by atoms with Gasteiger partial charge in [-0.05, 0) is 60.5 Å². The maximum absolute atomic E-state index is 11.1. The van der Waals surface area contributed by atoms with Crippen LogP contribution in [0.4, 0.5) is 0 Å². The largest absolute Gasteiger partial charge is 0.508 e. The number of rotatable bonds is 6. The van der Waals surface area contributed by atoms with E-state index in [9.17, 15) is 14.8 Å². The highest BCUT2D eigenvalue weighted by Gasteiger charge is 2.19. The molecule has 2 rings (SSSR count).